The third-order valence-corrected chi connectivity index (χ3v) is 0. The average Bonchev–Trinajstić information content (AvgIpc) is 0.918. The number of rotatable bonds is 0. The first-order valence-corrected chi connectivity index (χ1v) is 1.63. The van der Waals surface area contributed by atoms with Crippen molar-refractivity contribution < 1.29 is 3.79 Å². The summed E-state index contributed by atoms with van der Waals surface area (Å²) >= 11 is 0.869. The van der Waals surface area contributed by atoms with E-state index in [2.05, 4.69) is 3.79 Å². The molecule has 0 unspecified atom stereocenters. The fourth-order valence-electron chi connectivity index (χ4n) is 0. The van der Waals surface area contributed by atoms with E-state index < -0.39 is 0 Å². The zero-order valence-electron chi connectivity index (χ0n) is 2.41. The Morgan fingerprint density at radius 3 is 1.75 bits per heavy atom. The molecule has 0 spiro atoms. The van der Waals surface area contributed by atoms with E-state index in [9.17, 15) is 0 Å². The molecule has 4 heavy (non-hydrogen) atoms. The summed E-state index contributed by atoms with van der Waals surface area (Å²) in [5, 5.41) is 0. The van der Waals surface area contributed by atoms with Crippen LogP contribution in [0.5, 0.6) is 0 Å². The third kappa shape index (κ3) is 9.74. The fraction of sp³-hybridized carbons (Fsp3) is 1.00. The van der Waals surface area contributed by atoms with Gasteiger partial charge in [0.25, 0.3) is 0 Å². The van der Waals surface area contributed by atoms with E-state index in [1.165, 1.54) is 0 Å². The Bertz CT molecular complexity index is 8.00. The maximum atomic E-state index is 4.39. The van der Waals surface area contributed by atoms with Crippen molar-refractivity contribution in [3.05, 3.63) is 0 Å². The topological polar surface area (TPSA) is 9.23 Å². The number of hydrogen-bond donors (Lipinski definition) is 0. The van der Waals surface area contributed by atoms with Crippen molar-refractivity contribution in [1.82, 2.24) is 0 Å². The van der Waals surface area contributed by atoms with Crippen molar-refractivity contribution in [1.29, 1.82) is 0 Å². The van der Waals surface area contributed by atoms with Gasteiger partial charge in [0, 0.05) is 7.11 Å². The van der Waals surface area contributed by atoms with Gasteiger partial charge in [-0.2, -0.15) is 0 Å². The van der Waals surface area contributed by atoms with Gasteiger partial charge in [-0.25, -0.2) is 0 Å². The van der Waals surface area contributed by atoms with Crippen molar-refractivity contribution in [3.63, 3.8) is 0 Å². The molecule has 0 saturated carbocycles. The van der Waals surface area contributed by atoms with Crippen molar-refractivity contribution in [2.24, 2.45) is 0 Å². The van der Waals surface area contributed by atoms with Gasteiger partial charge in [0.1, 0.15) is 0 Å². The first kappa shape index (κ1) is 9.09. The van der Waals surface area contributed by atoms with Gasteiger partial charge in [-0.15, -0.1) is 0 Å². The minimum atomic E-state index is 0. The Morgan fingerprint density at radius 1 is 1.75 bits per heavy atom. The predicted molar refractivity (Wildman–Crippen MR) is 22.7 cm³/mol. The molecule has 0 bridgehead atoms. The molecule has 0 aliphatic carbocycles. The van der Waals surface area contributed by atoms with Gasteiger partial charge in [-0.1, -0.05) is 0 Å². The standard InChI is InChI=1S/CH3O.Al.Na.3H/c1-2;;;;;/h1H3;;;;;/q-1;+1;;;;. The summed E-state index contributed by atoms with van der Waals surface area (Å²) in [6.45, 7) is 0. The molecule has 0 heterocycles. The van der Waals surface area contributed by atoms with Crippen LogP contribution in [-0.4, -0.2) is 53.3 Å². The summed E-state index contributed by atoms with van der Waals surface area (Å²) in [5.41, 5.74) is 0. The molecular weight excluding hydrogens is 78.0 g/mol. The van der Waals surface area contributed by atoms with Gasteiger partial charge >= 0.3 is 46.2 Å². The van der Waals surface area contributed by atoms with Crippen molar-refractivity contribution >= 4 is 46.2 Å². The molecular formula is CH6AlNaO. The Kier molecular flexibility index (Phi) is 20.0. The molecule has 0 aromatic rings. The zero-order chi connectivity index (χ0) is 2.71. The molecule has 0 rings (SSSR count). The van der Waals surface area contributed by atoms with Gasteiger partial charge in [0.05, 0.1) is 0 Å². The van der Waals surface area contributed by atoms with E-state index in [0.717, 1.165) is 16.6 Å². The zero-order valence-corrected chi connectivity index (χ0v) is 4.41. The summed E-state index contributed by atoms with van der Waals surface area (Å²) < 4.78 is 4.39. The van der Waals surface area contributed by atoms with Gasteiger partial charge < -0.3 is 3.79 Å². The van der Waals surface area contributed by atoms with Crippen LogP contribution in [0.3, 0.4) is 0 Å². The van der Waals surface area contributed by atoms with Crippen LogP contribution in [0.4, 0.5) is 0 Å². The monoisotopic (exact) mass is 84.0 g/mol. The third-order valence-electron chi connectivity index (χ3n) is 0. The normalized spacial score (nSPS) is 4.25. The van der Waals surface area contributed by atoms with E-state index in [1.807, 2.05) is 0 Å². The second-order valence-corrected chi connectivity index (χ2v) is 1.22. The molecule has 0 N–H and O–H groups in total. The van der Waals surface area contributed by atoms with Crippen LogP contribution in [0.2, 0.25) is 0 Å². The van der Waals surface area contributed by atoms with Crippen molar-refractivity contribution in [2.75, 3.05) is 7.11 Å². The van der Waals surface area contributed by atoms with Crippen molar-refractivity contribution in [2.45, 2.75) is 0 Å². The van der Waals surface area contributed by atoms with E-state index in [0.29, 0.717) is 0 Å². The molecule has 0 atom stereocenters. The summed E-state index contributed by atoms with van der Waals surface area (Å²) in [4.78, 5) is 0. The van der Waals surface area contributed by atoms with Gasteiger partial charge in [0.2, 0.25) is 0 Å². The van der Waals surface area contributed by atoms with Crippen LogP contribution in [-0.2, 0) is 3.79 Å². The van der Waals surface area contributed by atoms with Crippen LogP contribution < -0.4 is 0 Å². The average molecular weight is 84.0 g/mol. The quantitative estimate of drug-likeness (QED) is 0.326. The van der Waals surface area contributed by atoms with Gasteiger partial charge in [0.15, 0.2) is 0 Å². The van der Waals surface area contributed by atoms with Crippen molar-refractivity contribution in [3.8, 4) is 0 Å². The Labute approximate surface area is 56.8 Å². The Morgan fingerprint density at radius 2 is 1.75 bits per heavy atom. The maximum absolute atomic E-state index is 4.39. The number of hydrogen-bond acceptors (Lipinski definition) is 1. The molecule has 0 aromatic carbocycles. The van der Waals surface area contributed by atoms with Crippen LogP contribution in [0, 0.1) is 0 Å². The van der Waals surface area contributed by atoms with Crippen LogP contribution in [0.25, 0.3) is 0 Å². The summed E-state index contributed by atoms with van der Waals surface area (Å²) in [7, 11) is 1.69. The van der Waals surface area contributed by atoms with Crippen LogP contribution >= 0.6 is 0 Å². The summed E-state index contributed by atoms with van der Waals surface area (Å²) in [6.07, 6.45) is 0. The molecule has 0 aliphatic heterocycles. The SMILES string of the molecule is C[O][AlH2].[NaH]. The molecule has 20 valence electrons. The van der Waals surface area contributed by atoms with E-state index in [-0.39, 0.29) is 29.6 Å². The molecule has 0 amide bonds. The second kappa shape index (κ2) is 8.82. The first-order chi connectivity index (χ1) is 1.41. The van der Waals surface area contributed by atoms with E-state index in [1.54, 1.807) is 7.11 Å². The van der Waals surface area contributed by atoms with Crippen LogP contribution in [0.1, 0.15) is 0 Å². The van der Waals surface area contributed by atoms with Gasteiger partial charge in [-0.05, 0) is 0 Å². The molecule has 0 radical (unpaired) electrons. The molecule has 0 fully saturated rings. The van der Waals surface area contributed by atoms with E-state index >= 15 is 0 Å². The molecule has 1 nitrogen and oxygen atoms in total. The Balaban J connectivity index is 0. The molecule has 0 saturated heterocycles. The predicted octanol–water partition coefficient (Wildman–Crippen LogP) is -1.47. The molecule has 3 heteroatoms. The second-order valence-electron chi connectivity index (χ2n) is 0.408. The minimum absolute atomic E-state index is 0. The van der Waals surface area contributed by atoms with Gasteiger partial charge in [-0.3, -0.25) is 0 Å². The van der Waals surface area contributed by atoms with E-state index in [4.69, 9.17) is 0 Å². The van der Waals surface area contributed by atoms with Crippen LogP contribution in [0.15, 0.2) is 0 Å². The Hall–Kier alpha value is 1.49. The molecule has 0 aromatic heterocycles. The first-order valence-electron chi connectivity index (χ1n) is 0.816. The summed E-state index contributed by atoms with van der Waals surface area (Å²) in [6, 6.07) is 0. The molecule has 0 aliphatic rings. The fourth-order valence-corrected chi connectivity index (χ4v) is 0. The summed E-state index contributed by atoms with van der Waals surface area (Å²) in [5.74, 6) is 0.